The van der Waals surface area contributed by atoms with E-state index in [-0.39, 0.29) is 0 Å². The Morgan fingerprint density at radius 3 is 3.08 bits per heavy atom. The maximum absolute atomic E-state index is 5.68. The highest BCUT2D eigenvalue weighted by atomic mass is 16.5. The van der Waals surface area contributed by atoms with Crippen molar-refractivity contribution in [3.8, 4) is 5.75 Å². The third-order valence-corrected chi connectivity index (χ3v) is 4.33. The number of anilines is 1. The van der Waals surface area contributed by atoms with Crippen LogP contribution in [-0.2, 0) is 13.0 Å². The van der Waals surface area contributed by atoms with Gasteiger partial charge in [0.05, 0.1) is 18.0 Å². The molecule has 1 aliphatic heterocycles. The summed E-state index contributed by atoms with van der Waals surface area (Å²) in [5.74, 6) is 1.37. The maximum atomic E-state index is 5.68. The van der Waals surface area contributed by atoms with E-state index in [0.29, 0.717) is 5.92 Å². The monoisotopic (exact) mass is 323 g/mol. The molecule has 0 unspecified atom stereocenters. The van der Waals surface area contributed by atoms with Crippen LogP contribution in [0.4, 0.5) is 5.69 Å². The molecule has 0 spiro atoms. The van der Waals surface area contributed by atoms with Gasteiger partial charge >= 0.3 is 0 Å². The van der Waals surface area contributed by atoms with Crippen molar-refractivity contribution in [2.75, 3.05) is 11.9 Å². The molecule has 3 aromatic rings. The first kappa shape index (κ1) is 14.9. The van der Waals surface area contributed by atoms with E-state index in [1.165, 1.54) is 11.1 Å². The van der Waals surface area contributed by atoms with Crippen LogP contribution in [0.5, 0.6) is 5.75 Å². The lowest BCUT2D eigenvalue weighted by atomic mass is 10.0. The van der Waals surface area contributed by atoms with Gasteiger partial charge < -0.3 is 10.1 Å². The van der Waals surface area contributed by atoms with Crippen LogP contribution < -0.4 is 10.1 Å². The number of aromatic nitrogens is 4. The lowest BCUT2D eigenvalue weighted by Crippen LogP contribution is -2.10. The fourth-order valence-electron chi connectivity index (χ4n) is 2.98. The van der Waals surface area contributed by atoms with Crippen molar-refractivity contribution < 1.29 is 4.74 Å². The van der Waals surface area contributed by atoms with Crippen molar-refractivity contribution in [2.45, 2.75) is 39.2 Å². The van der Waals surface area contributed by atoms with Crippen LogP contribution in [0.2, 0.25) is 0 Å². The molecule has 0 amide bonds. The molecule has 24 heavy (non-hydrogen) atoms. The van der Waals surface area contributed by atoms with Gasteiger partial charge in [-0.05, 0) is 42.0 Å². The molecule has 3 heterocycles. The van der Waals surface area contributed by atoms with Gasteiger partial charge in [0.25, 0.3) is 0 Å². The van der Waals surface area contributed by atoms with E-state index in [0.717, 1.165) is 48.8 Å². The molecule has 0 fully saturated rings. The number of nitrogens with zero attached hydrogens (tertiary/aromatic N) is 4. The second kappa shape index (κ2) is 6.11. The molecule has 0 atom stereocenters. The Bertz CT molecular complexity index is 871. The van der Waals surface area contributed by atoms with Crippen LogP contribution in [0, 0.1) is 0 Å². The summed E-state index contributed by atoms with van der Waals surface area (Å²) in [6, 6.07) is 8.48. The van der Waals surface area contributed by atoms with Crippen LogP contribution in [0.15, 0.2) is 30.6 Å². The molecule has 0 radical (unpaired) electrons. The summed E-state index contributed by atoms with van der Waals surface area (Å²) in [6.07, 6.45) is 3.82. The minimum absolute atomic E-state index is 0.346. The highest BCUT2D eigenvalue weighted by molar-refractivity contribution is 5.66. The normalized spacial score (nSPS) is 13.8. The molecule has 1 aromatic carbocycles. The van der Waals surface area contributed by atoms with Crippen LogP contribution in [0.25, 0.3) is 5.65 Å². The summed E-state index contributed by atoms with van der Waals surface area (Å²) >= 11 is 0. The smallest absolute Gasteiger partial charge is 0.200 e. The Hall–Kier alpha value is -2.63. The quantitative estimate of drug-likeness (QED) is 0.799. The van der Waals surface area contributed by atoms with E-state index in [1.807, 2.05) is 0 Å². The van der Waals surface area contributed by atoms with Gasteiger partial charge in [0, 0.05) is 6.54 Å². The molecule has 0 saturated carbocycles. The van der Waals surface area contributed by atoms with Crippen molar-refractivity contribution in [1.82, 2.24) is 19.8 Å². The number of hydrogen-bond acceptors (Lipinski definition) is 5. The largest absolute Gasteiger partial charge is 0.493 e. The van der Waals surface area contributed by atoms with Crippen molar-refractivity contribution >= 4 is 11.3 Å². The van der Waals surface area contributed by atoms with Gasteiger partial charge in [-0.25, -0.2) is 0 Å². The molecule has 0 aliphatic carbocycles. The number of aryl methyl sites for hydroxylation is 1. The number of nitrogens with one attached hydrogen (secondary N) is 1. The molecule has 124 valence electrons. The number of benzene rings is 1. The molecule has 6 heteroatoms. The van der Waals surface area contributed by atoms with Gasteiger partial charge in [0.2, 0.25) is 5.65 Å². The highest BCUT2D eigenvalue weighted by Gasteiger charge is 2.12. The van der Waals surface area contributed by atoms with E-state index < -0.39 is 0 Å². The number of rotatable bonds is 4. The zero-order valence-electron chi connectivity index (χ0n) is 14.0. The minimum atomic E-state index is 0.346. The molecular weight excluding hydrogens is 302 g/mol. The zero-order valence-corrected chi connectivity index (χ0v) is 14.0. The Morgan fingerprint density at radius 2 is 2.21 bits per heavy atom. The van der Waals surface area contributed by atoms with E-state index in [2.05, 4.69) is 58.7 Å². The Morgan fingerprint density at radius 1 is 1.29 bits per heavy atom. The summed E-state index contributed by atoms with van der Waals surface area (Å²) in [4.78, 5) is 0. The van der Waals surface area contributed by atoms with Crippen molar-refractivity contribution in [3.63, 3.8) is 0 Å². The second-order valence-corrected chi connectivity index (χ2v) is 6.48. The summed E-state index contributed by atoms with van der Waals surface area (Å²) < 4.78 is 7.41. The van der Waals surface area contributed by atoms with Crippen LogP contribution >= 0.6 is 0 Å². The Balaban J connectivity index is 1.59. The van der Waals surface area contributed by atoms with Gasteiger partial charge in [-0.3, -0.25) is 0 Å². The predicted molar refractivity (Wildman–Crippen MR) is 92.5 cm³/mol. The average molecular weight is 323 g/mol. The Kier molecular flexibility index (Phi) is 3.80. The van der Waals surface area contributed by atoms with E-state index in [4.69, 9.17) is 4.74 Å². The number of ether oxygens (including phenoxy) is 1. The van der Waals surface area contributed by atoms with Gasteiger partial charge in [0.15, 0.2) is 0 Å². The minimum Gasteiger partial charge on any atom is -0.493 e. The fraction of sp³-hybridized carbons (Fsp3) is 0.389. The number of hydrogen-bond donors (Lipinski definition) is 1. The van der Waals surface area contributed by atoms with Crippen molar-refractivity contribution in [1.29, 1.82) is 0 Å². The highest BCUT2D eigenvalue weighted by Crippen LogP contribution is 2.26. The average Bonchev–Trinajstić information content (AvgIpc) is 3.08. The summed E-state index contributed by atoms with van der Waals surface area (Å²) in [6.45, 7) is 5.82. The third kappa shape index (κ3) is 2.79. The standard InChI is InChI=1S/C18H21N5O/c1-12(2)15-9-16(18-21-20-11-23(18)22-15)19-10-13-5-6-17-14(8-13)4-3-7-24-17/h5-6,8-9,11-12,19H,3-4,7,10H2,1-2H3. The SMILES string of the molecule is CC(C)c1cc(NCc2ccc3c(c2)CCCO3)c2nncn2n1. The van der Waals surface area contributed by atoms with Crippen LogP contribution in [0.3, 0.4) is 0 Å². The lowest BCUT2D eigenvalue weighted by Gasteiger charge is -2.18. The summed E-state index contributed by atoms with van der Waals surface area (Å²) in [7, 11) is 0. The zero-order chi connectivity index (χ0) is 16.5. The molecule has 0 bridgehead atoms. The molecule has 1 aliphatic rings. The third-order valence-electron chi connectivity index (χ3n) is 4.33. The Labute approximate surface area is 140 Å². The van der Waals surface area contributed by atoms with Gasteiger partial charge in [-0.15, -0.1) is 10.2 Å². The predicted octanol–water partition coefficient (Wildman–Crippen LogP) is 3.18. The molecule has 6 nitrogen and oxygen atoms in total. The van der Waals surface area contributed by atoms with Crippen LogP contribution in [-0.4, -0.2) is 26.4 Å². The fourth-order valence-corrected chi connectivity index (χ4v) is 2.98. The lowest BCUT2D eigenvalue weighted by molar-refractivity contribution is 0.288. The first-order valence-electron chi connectivity index (χ1n) is 8.40. The molecule has 1 N–H and O–H groups in total. The first-order chi connectivity index (χ1) is 11.7. The molecule has 0 saturated heterocycles. The van der Waals surface area contributed by atoms with Gasteiger partial charge in [0.1, 0.15) is 12.1 Å². The van der Waals surface area contributed by atoms with E-state index in [9.17, 15) is 0 Å². The summed E-state index contributed by atoms with van der Waals surface area (Å²) in [5.41, 5.74) is 5.26. The topological polar surface area (TPSA) is 64.3 Å². The van der Waals surface area contributed by atoms with Gasteiger partial charge in [-0.1, -0.05) is 26.0 Å². The van der Waals surface area contributed by atoms with E-state index >= 15 is 0 Å². The number of fused-ring (bicyclic) bond motifs is 2. The summed E-state index contributed by atoms with van der Waals surface area (Å²) in [5, 5.41) is 16.2. The van der Waals surface area contributed by atoms with Crippen LogP contribution in [0.1, 0.15) is 43.0 Å². The van der Waals surface area contributed by atoms with E-state index in [1.54, 1.807) is 10.8 Å². The first-order valence-corrected chi connectivity index (χ1v) is 8.40. The van der Waals surface area contributed by atoms with Gasteiger partial charge in [-0.2, -0.15) is 9.61 Å². The molecule has 4 rings (SSSR count). The maximum Gasteiger partial charge on any atom is 0.200 e. The molecule has 2 aromatic heterocycles. The van der Waals surface area contributed by atoms with Crippen molar-refractivity contribution in [2.24, 2.45) is 0 Å². The molecular formula is C18H21N5O. The van der Waals surface area contributed by atoms with Crippen molar-refractivity contribution in [3.05, 3.63) is 47.4 Å². The second-order valence-electron chi connectivity index (χ2n) is 6.48.